The number of hydrogen-bond donors (Lipinski definition) is 0. The standard InChI is InChI=1S/C24H23N3O3/c1-4-29-19-12-10-17(11-13-19)15-27(3)24(28)20-14-21(18-8-6-5-7-9-18)25-23-22(20)16(2)26-30-23/h5-14H,4,15H2,1-3H3. The summed E-state index contributed by atoms with van der Waals surface area (Å²) in [4.78, 5) is 19.6. The summed E-state index contributed by atoms with van der Waals surface area (Å²) in [5.41, 5.74) is 4.16. The summed E-state index contributed by atoms with van der Waals surface area (Å²) in [5.74, 6) is 0.707. The van der Waals surface area contributed by atoms with Crippen molar-refractivity contribution in [1.29, 1.82) is 0 Å². The highest BCUT2D eigenvalue weighted by Crippen LogP contribution is 2.28. The molecule has 0 fully saturated rings. The van der Waals surface area contributed by atoms with Crippen LogP contribution in [0.15, 0.2) is 65.2 Å². The van der Waals surface area contributed by atoms with Gasteiger partial charge in [0.1, 0.15) is 5.75 Å². The third-order valence-corrected chi connectivity index (χ3v) is 4.92. The fourth-order valence-electron chi connectivity index (χ4n) is 3.43. The van der Waals surface area contributed by atoms with Gasteiger partial charge in [-0.25, -0.2) is 4.98 Å². The van der Waals surface area contributed by atoms with Crippen molar-refractivity contribution < 1.29 is 14.1 Å². The SMILES string of the molecule is CCOc1ccc(CN(C)C(=O)c2cc(-c3ccccc3)nc3onc(C)c23)cc1. The van der Waals surface area contributed by atoms with E-state index in [-0.39, 0.29) is 5.91 Å². The number of aryl methyl sites for hydroxylation is 1. The number of benzene rings is 2. The molecule has 6 heteroatoms. The Bertz CT molecular complexity index is 1170. The first-order valence-corrected chi connectivity index (χ1v) is 9.86. The lowest BCUT2D eigenvalue weighted by Crippen LogP contribution is -2.26. The van der Waals surface area contributed by atoms with Gasteiger partial charge in [0.15, 0.2) is 0 Å². The van der Waals surface area contributed by atoms with E-state index >= 15 is 0 Å². The number of pyridine rings is 1. The van der Waals surface area contributed by atoms with Gasteiger partial charge < -0.3 is 14.2 Å². The zero-order chi connectivity index (χ0) is 21.1. The summed E-state index contributed by atoms with van der Waals surface area (Å²) in [5, 5.41) is 4.67. The zero-order valence-corrected chi connectivity index (χ0v) is 17.3. The first kappa shape index (κ1) is 19.6. The van der Waals surface area contributed by atoms with Crippen LogP contribution in [-0.4, -0.2) is 34.6 Å². The van der Waals surface area contributed by atoms with Gasteiger partial charge in [-0.05, 0) is 37.6 Å². The maximum Gasteiger partial charge on any atom is 0.259 e. The van der Waals surface area contributed by atoms with Crippen molar-refractivity contribution in [3.63, 3.8) is 0 Å². The van der Waals surface area contributed by atoms with Crippen LogP contribution in [0.4, 0.5) is 0 Å². The first-order valence-electron chi connectivity index (χ1n) is 9.86. The van der Waals surface area contributed by atoms with Gasteiger partial charge in [-0.1, -0.05) is 47.6 Å². The molecule has 152 valence electrons. The number of carbonyl (C=O) groups is 1. The molecule has 0 unspecified atom stereocenters. The van der Waals surface area contributed by atoms with Crippen LogP contribution >= 0.6 is 0 Å². The van der Waals surface area contributed by atoms with Crippen LogP contribution in [0.1, 0.15) is 28.5 Å². The minimum absolute atomic E-state index is 0.111. The second kappa shape index (κ2) is 8.37. The topological polar surface area (TPSA) is 68.5 Å². The first-order chi connectivity index (χ1) is 14.6. The number of fused-ring (bicyclic) bond motifs is 1. The van der Waals surface area contributed by atoms with Gasteiger partial charge in [0.05, 0.1) is 28.9 Å². The van der Waals surface area contributed by atoms with E-state index in [1.165, 1.54) is 0 Å². The number of carbonyl (C=O) groups excluding carboxylic acids is 1. The Morgan fingerprint density at radius 2 is 1.83 bits per heavy atom. The lowest BCUT2D eigenvalue weighted by molar-refractivity contribution is 0.0787. The van der Waals surface area contributed by atoms with E-state index in [9.17, 15) is 4.79 Å². The molecule has 30 heavy (non-hydrogen) atoms. The summed E-state index contributed by atoms with van der Waals surface area (Å²) in [6.07, 6.45) is 0. The van der Waals surface area contributed by atoms with Crippen molar-refractivity contribution in [3.8, 4) is 17.0 Å². The molecule has 0 aliphatic heterocycles. The molecule has 2 heterocycles. The van der Waals surface area contributed by atoms with Crippen LogP contribution in [0.5, 0.6) is 5.75 Å². The molecule has 0 radical (unpaired) electrons. The Morgan fingerprint density at radius 3 is 2.53 bits per heavy atom. The largest absolute Gasteiger partial charge is 0.494 e. The molecule has 4 aromatic rings. The highest BCUT2D eigenvalue weighted by molar-refractivity contribution is 6.06. The number of hydrogen-bond acceptors (Lipinski definition) is 5. The van der Waals surface area contributed by atoms with E-state index in [0.717, 1.165) is 16.9 Å². The normalized spacial score (nSPS) is 10.9. The van der Waals surface area contributed by atoms with Crippen molar-refractivity contribution in [1.82, 2.24) is 15.0 Å². The highest BCUT2D eigenvalue weighted by Gasteiger charge is 2.22. The molecule has 0 aliphatic rings. The van der Waals surface area contributed by atoms with Crippen molar-refractivity contribution >= 4 is 17.0 Å². The van der Waals surface area contributed by atoms with Gasteiger partial charge in [-0.15, -0.1) is 0 Å². The Balaban J connectivity index is 1.67. The molecule has 0 saturated heterocycles. The maximum absolute atomic E-state index is 13.4. The summed E-state index contributed by atoms with van der Waals surface area (Å²) < 4.78 is 10.9. The molecule has 2 aromatic heterocycles. The molecule has 0 aliphatic carbocycles. The average molecular weight is 401 g/mol. The second-order valence-corrected chi connectivity index (χ2v) is 7.11. The van der Waals surface area contributed by atoms with E-state index in [1.807, 2.05) is 74.5 Å². The fraction of sp³-hybridized carbons (Fsp3) is 0.208. The molecule has 0 spiro atoms. The highest BCUT2D eigenvalue weighted by atomic mass is 16.5. The molecule has 0 bridgehead atoms. The van der Waals surface area contributed by atoms with Gasteiger partial charge in [0.2, 0.25) is 0 Å². The van der Waals surface area contributed by atoms with Crippen LogP contribution in [0, 0.1) is 6.92 Å². The number of ether oxygens (including phenoxy) is 1. The van der Waals surface area contributed by atoms with Gasteiger partial charge in [-0.3, -0.25) is 4.79 Å². The minimum Gasteiger partial charge on any atom is -0.494 e. The molecule has 0 atom stereocenters. The van der Waals surface area contributed by atoms with E-state index in [0.29, 0.717) is 41.2 Å². The van der Waals surface area contributed by atoms with Crippen LogP contribution in [0.2, 0.25) is 0 Å². The van der Waals surface area contributed by atoms with Crippen molar-refractivity contribution in [2.75, 3.05) is 13.7 Å². The van der Waals surface area contributed by atoms with E-state index < -0.39 is 0 Å². The molecule has 0 saturated carbocycles. The van der Waals surface area contributed by atoms with Gasteiger partial charge in [-0.2, -0.15) is 0 Å². The second-order valence-electron chi connectivity index (χ2n) is 7.11. The molecule has 6 nitrogen and oxygen atoms in total. The van der Waals surface area contributed by atoms with Gasteiger partial charge >= 0.3 is 0 Å². The quantitative estimate of drug-likeness (QED) is 0.461. The van der Waals surface area contributed by atoms with E-state index in [1.54, 1.807) is 11.9 Å². The van der Waals surface area contributed by atoms with Crippen LogP contribution in [0.3, 0.4) is 0 Å². The Morgan fingerprint density at radius 1 is 1.10 bits per heavy atom. The molecule has 1 amide bonds. The summed E-state index contributed by atoms with van der Waals surface area (Å²) >= 11 is 0. The van der Waals surface area contributed by atoms with E-state index in [2.05, 4.69) is 10.1 Å². The number of nitrogens with zero attached hydrogens (tertiary/aromatic N) is 3. The number of amides is 1. The third kappa shape index (κ3) is 3.89. The van der Waals surface area contributed by atoms with Crippen molar-refractivity contribution in [2.45, 2.75) is 20.4 Å². The van der Waals surface area contributed by atoms with Crippen LogP contribution in [-0.2, 0) is 6.54 Å². The van der Waals surface area contributed by atoms with Crippen molar-refractivity contribution in [2.24, 2.45) is 0 Å². The van der Waals surface area contributed by atoms with Crippen molar-refractivity contribution in [3.05, 3.63) is 77.5 Å². The van der Waals surface area contributed by atoms with E-state index in [4.69, 9.17) is 9.26 Å². The summed E-state index contributed by atoms with van der Waals surface area (Å²) in [7, 11) is 1.79. The smallest absolute Gasteiger partial charge is 0.259 e. The zero-order valence-electron chi connectivity index (χ0n) is 17.3. The predicted molar refractivity (Wildman–Crippen MR) is 115 cm³/mol. The molecular weight excluding hydrogens is 378 g/mol. The molecular formula is C24H23N3O3. The predicted octanol–water partition coefficient (Wildman–Crippen LogP) is 4.87. The lowest BCUT2D eigenvalue weighted by Gasteiger charge is -2.18. The Hall–Kier alpha value is -3.67. The third-order valence-electron chi connectivity index (χ3n) is 4.92. The van der Waals surface area contributed by atoms with Gasteiger partial charge in [0, 0.05) is 19.2 Å². The number of aromatic nitrogens is 2. The summed E-state index contributed by atoms with van der Waals surface area (Å²) in [6.45, 7) is 4.86. The molecule has 0 N–H and O–H groups in total. The average Bonchev–Trinajstić information content (AvgIpc) is 3.15. The monoisotopic (exact) mass is 401 g/mol. The maximum atomic E-state index is 13.4. The Labute approximate surface area is 175 Å². The number of rotatable bonds is 6. The fourth-order valence-corrected chi connectivity index (χ4v) is 3.43. The minimum atomic E-state index is -0.111. The molecule has 2 aromatic carbocycles. The summed E-state index contributed by atoms with van der Waals surface area (Å²) in [6, 6.07) is 19.3. The van der Waals surface area contributed by atoms with Crippen LogP contribution in [0.25, 0.3) is 22.4 Å². The Kier molecular flexibility index (Phi) is 5.48. The molecule has 4 rings (SSSR count). The van der Waals surface area contributed by atoms with Crippen LogP contribution < -0.4 is 4.74 Å². The lowest BCUT2D eigenvalue weighted by atomic mass is 10.0. The van der Waals surface area contributed by atoms with Gasteiger partial charge in [0.25, 0.3) is 11.6 Å².